The smallest absolute Gasteiger partial charge is 0.220 e. The second-order valence-electron chi connectivity index (χ2n) is 4.23. The van der Waals surface area contributed by atoms with Gasteiger partial charge < -0.3 is 15.8 Å². The molecular weight excluding hydrogens is 323 g/mol. The molecule has 0 bridgehead atoms. The summed E-state index contributed by atoms with van der Waals surface area (Å²) < 4.78 is 5.48. The zero-order valence-electron chi connectivity index (χ0n) is 11.2. The van der Waals surface area contributed by atoms with Crippen LogP contribution in [0.1, 0.15) is 19.8 Å². The van der Waals surface area contributed by atoms with Crippen LogP contribution in [-0.4, -0.2) is 25.1 Å². The van der Waals surface area contributed by atoms with Gasteiger partial charge in [0.15, 0.2) is 0 Å². The van der Waals surface area contributed by atoms with Crippen LogP contribution in [0.15, 0.2) is 18.2 Å². The minimum atomic E-state index is -0.0243. The summed E-state index contributed by atoms with van der Waals surface area (Å²) in [4.78, 5) is 11.5. The molecule has 0 saturated carbocycles. The minimum absolute atomic E-state index is 0. The van der Waals surface area contributed by atoms with Crippen LogP contribution in [-0.2, 0) is 4.79 Å². The van der Waals surface area contributed by atoms with E-state index in [4.69, 9.17) is 33.7 Å². The number of nitrogens with two attached hydrogens (primary N) is 1. The Hall–Kier alpha value is -0.680. The highest BCUT2D eigenvalue weighted by Crippen LogP contribution is 2.27. The van der Waals surface area contributed by atoms with Crippen molar-refractivity contribution in [1.82, 2.24) is 5.32 Å². The van der Waals surface area contributed by atoms with Gasteiger partial charge in [-0.15, -0.1) is 12.4 Å². The number of carbonyl (C=O) groups is 1. The van der Waals surface area contributed by atoms with Gasteiger partial charge in [-0.1, -0.05) is 23.2 Å². The Morgan fingerprint density at radius 1 is 1.45 bits per heavy atom. The first-order chi connectivity index (χ1) is 9.02. The normalized spacial score (nSPS) is 11.4. The molecule has 0 unspecified atom stereocenters. The van der Waals surface area contributed by atoms with Crippen LogP contribution >= 0.6 is 35.6 Å². The number of ether oxygens (including phenoxy) is 1. The van der Waals surface area contributed by atoms with Crippen molar-refractivity contribution in [1.29, 1.82) is 0 Å². The average Bonchev–Trinajstić information content (AvgIpc) is 2.36. The van der Waals surface area contributed by atoms with Crippen molar-refractivity contribution in [2.45, 2.75) is 25.8 Å². The maximum absolute atomic E-state index is 11.5. The maximum atomic E-state index is 11.5. The van der Waals surface area contributed by atoms with Crippen LogP contribution < -0.4 is 15.8 Å². The second kappa shape index (κ2) is 10.1. The summed E-state index contributed by atoms with van der Waals surface area (Å²) in [7, 11) is 0. The predicted octanol–water partition coefficient (Wildman–Crippen LogP) is 3.04. The van der Waals surface area contributed by atoms with Gasteiger partial charge in [-0.2, -0.15) is 0 Å². The first-order valence-corrected chi connectivity index (χ1v) is 6.85. The molecule has 4 nitrogen and oxygen atoms in total. The number of halogens is 3. The van der Waals surface area contributed by atoms with Crippen LogP contribution in [0.2, 0.25) is 10.0 Å². The Morgan fingerprint density at radius 3 is 2.75 bits per heavy atom. The van der Waals surface area contributed by atoms with E-state index >= 15 is 0 Å². The number of benzene rings is 1. The molecule has 0 aromatic heterocycles. The molecule has 1 rings (SSSR count). The molecule has 0 aliphatic heterocycles. The zero-order valence-corrected chi connectivity index (χ0v) is 13.5. The second-order valence-corrected chi connectivity index (χ2v) is 5.07. The SMILES string of the molecule is C[C@@H](CN)NC(=O)CCCOc1ccc(Cl)cc1Cl.Cl. The van der Waals surface area contributed by atoms with Gasteiger partial charge in [-0.05, 0) is 31.5 Å². The molecule has 1 aromatic rings. The Bertz CT molecular complexity index is 430. The summed E-state index contributed by atoms with van der Waals surface area (Å²) in [5, 5.41) is 3.81. The van der Waals surface area contributed by atoms with Gasteiger partial charge in [0.1, 0.15) is 5.75 Å². The first-order valence-electron chi connectivity index (χ1n) is 6.10. The number of hydrogen-bond acceptors (Lipinski definition) is 3. The number of hydrogen-bond donors (Lipinski definition) is 2. The van der Waals surface area contributed by atoms with E-state index in [0.717, 1.165) is 0 Å². The van der Waals surface area contributed by atoms with E-state index < -0.39 is 0 Å². The largest absolute Gasteiger partial charge is 0.492 e. The number of amides is 1. The summed E-state index contributed by atoms with van der Waals surface area (Å²) in [5.41, 5.74) is 5.42. The zero-order chi connectivity index (χ0) is 14.3. The molecule has 0 aliphatic rings. The summed E-state index contributed by atoms with van der Waals surface area (Å²) in [6, 6.07) is 5.03. The Balaban J connectivity index is 0.00000361. The van der Waals surface area contributed by atoms with Crippen molar-refractivity contribution in [3.8, 4) is 5.75 Å². The number of rotatable bonds is 7. The van der Waals surface area contributed by atoms with Crippen LogP contribution in [0.3, 0.4) is 0 Å². The summed E-state index contributed by atoms with van der Waals surface area (Å²) in [5.74, 6) is 0.547. The predicted molar refractivity (Wildman–Crippen MR) is 85.1 cm³/mol. The van der Waals surface area contributed by atoms with E-state index in [1.165, 1.54) is 0 Å². The van der Waals surface area contributed by atoms with E-state index in [9.17, 15) is 4.79 Å². The lowest BCUT2D eigenvalue weighted by atomic mass is 10.2. The number of carbonyl (C=O) groups excluding carboxylic acids is 1. The summed E-state index contributed by atoms with van der Waals surface area (Å²) >= 11 is 11.7. The molecule has 3 N–H and O–H groups in total. The molecule has 114 valence electrons. The van der Waals surface area contributed by atoms with Crippen LogP contribution in [0.4, 0.5) is 0 Å². The topological polar surface area (TPSA) is 64.3 Å². The fourth-order valence-corrected chi connectivity index (χ4v) is 1.88. The highest BCUT2D eigenvalue weighted by atomic mass is 35.5. The molecular formula is C13H19Cl3N2O2. The van der Waals surface area contributed by atoms with Gasteiger partial charge in [0, 0.05) is 24.0 Å². The van der Waals surface area contributed by atoms with Gasteiger partial charge in [0.05, 0.1) is 11.6 Å². The molecule has 1 aromatic carbocycles. The van der Waals surface area contributed by atoms with Gasteiger partial charge in [0.25, 0.3) is 0 Å². The van der Waals surface area contributed by atoms with E-state index in [1.54, 1.807) is 18.2 Å². The highest BCUT2D eigenvalue weighted by molar-refractivity contribution is 6.35. The standard InChI is InChI=1S/C13H18Cl2N2O2.ClH/c1-9(8-16)17-13(18)3-2-6-19-12-5-4-10(14)7-11(12)15;/h4-5,7,9H,2-3,6,8,16H2,1H3,(H,17,18);1H/t9-;/m0./s1. The first kappa shape index (κ1) is 19.3. The van der Waals surface area contributed by atoms with Crippen molar-refractivity contribution >= 4 is 41.5 Å². The molecule has 0 radical (unpaired) electrons. The molecule has 1 amide bonds. The molecule has 0 fully saturated rings. The molecule has 0 saturated heterocycles. The van der Waals surface area contributed by atoms with Crippen molar-refractivity contribution in [3.05, 3.63) is 28.2 Å². The lowest BCUT2D eigenvalue weighted by molar-refractivity contribution is -0.121. The third-order valence-corrected chi connectivity index (χ3v) is 2.99. The Labute approximate surface area is 135 Å². The molecule has 20 heavy (non-hydrogen) atoms. The van der Waals surface area contributed by atoms with Crippen molar-refractivity contribution in [3.63, 3.8) is 0 Å². The van der Waals surface area contributed by atoms with Gasteiger partial charge in [-0.25, -0.2) is 0 Å². The number of nitrogens with one attached hydrogen (secondary N) is 1. The summed E-state index contributed by atoms with van der Waals surface area (Å²) in [6.45, 7) is 2.72. The van der Waals surface area contributed by atoms with Gasteiger partial charge in [0.2, 0.25) is 5.91 Å². The van der Waals surface area contributed by atoms with Gasteiger partial charge >= 0.3 is 0 Å². The lowest BCUT2D eigenvalue weighted by Crippen LogP contribution is -2.37. The van der Waals surface area contributed by atoms with Crippen molar-refractivity contribution < 1.29 is 9.53 Å². The van der Waals surface area contributed by atoms with E-state index in [0.29, 0.717) is 41.8 Å². The van der Waals surface area contributed by atoms with Crippen LogP contribution in [0, 0.1) is 0 Å². The summed E-state index contributed by atoms with van der Waals surface area (Å²) in [6.07, 6.45) is 1.01. The monoisotopic (exact) mass is 340 g/mol. The van der Waals surface area contributed by atoms with E-state index in [-0.39, 0.29) is 24.4 Å². The fraction of sp³-hybridized carbons (Fsp3) is 0.462. The minimum Gasteiger partial charge on any atom is -0.492 e. The molecule has 0 heterocycles. The third-order valence-electron chi connectivity index (χ3n) is 2.46. The lowest BCUT2D eigenvalue weighted by Gasteiger charge is -2.11. The Kier molecular flexibility index (Phi) is 9.76. The molecule has 0 spiro atoms. The molecule has 7 heteroatoms. The van der Waals surface area contributed by atoms with E-state index in [1.807, 2.05) is 6.92 Å². The average molecular weight is 342 g/mol. The molecule has 0 aliphatic carbocycles. The van der Waals surface area contributed by atoms with Gasteiger partial charge in [-0.3, -0.25) is 4.79 Å². The molecule has 1 atom stereocenters. The highest BCUT2D eigenvalue weighted by Gasteiger charge is 2.06. The Morgan fingerprint density at radius 2 is 2.15 bits per heavy atom. The van der Waals surface area contributed by atoms with Crippen LogP contribution in [0.25, 0.3) is 0 Å². The fourth-order valence-electron chi connectivity index (χ4n) is 1.41. The third kappa shape index (κ3) is 7.20. The quantitative estimate of drug-likeness (QED) is 0.749. The van der Waals surface area contributed by atoms with Crippen molar-refractivity contribution in [2.24, 2.45) is 5.73 Å². The van der Waals surface area contributed by atoms with Crippen LogP contribution in [0.5, 0.6) is 5.75 Å². The van der Waals surface area contributed by atoms with E-state index in [2.05, 4.69) is 5.32 Å². The maximum Gasteiger partial charge on any atom is 0.220 e. The van der Waals surface area contributed by atoms with Crippen molar-refractivity contribution in [2.75, 3.05) is 13.2 Å².